The zero-order valence-corrected chi connectivity index (χ0v) is 26.9. The molecule has 0 aromatic rings. The summed E-state index contributed by atoms with van der Waals surface area (Å²) in [6, 6.07) is 0. The van der Waals surface area contributed by atoms with Gasteiger partial charge in [0.15, 0.2) is 0 Å². The molecular weight excluding hydrogens is 552 g/mol. The summed E-state index contributed by atoms with van der Waals surface area (Å²) in [5, 5.41) is 0. The van der Waals surface area contributed by atoms with Gasteiger partial charge in [-0.2, -0.15) is 0 Å². The predicted molar refractivity (Wildman–Crippen MR) is 138 cm³/mol. The van der Waals surface area contributed by atoms with Crippen LogP contribution in [0.1, 0.15) is 119 Å². The van der Waals surface area contributed by atoms with Gasteiger partial charge < -0.3 is 0 Å². The molecule has 0 spiro atoms. The van der Waals surface area contributed by atoms with Crippen LogP contribution < -0.4 is 0 Å². The molecule has 0 heterocycles. The van der Waals surface area contributed by atoms with Gasteiger partial charge in [0.1, 0.15) is 0 Å². The third kappa shape index (κ3) is 10.2. The Hall–Kier alpha value is 1.56. The number of nitrogens with zero attached hydrogens (tertiary/aromatic N) is 1. The van der Waals surface area contributed by atoms with Crippen molar-refractivity contribution in [3.8, 4) is 0 Å². The molecule has 3 heteroatoms. The van der Waals surface area contributed by atoms with Crippen molar-refractivity contribution in [3.05, 3.63) is 0 Å². The van der Waals surface area contributed by atoms with Gasteiger partial charge in [0.2, 0.25) is 0 Å². The predicted octanol–water partition coefficient (Wildman–Crippen LogP) is 9.61. The van der Waals surface area contributed by atoms with E-state index in [1.807, 2.05) is 0 Å². The Kier molecular flexibility index (Phi) is 19.2. The molecule has 0 aliphatic rings. The second-order valence-corrected chi connectivity index (χ2v) is 39.6. The van der Waals surface area contributed by atoms with Crippen molar-refractivity contribution in [2.45, 2.75) is 145 Å². The standard InChI is InChI=1S/6C4H9.CH3N.2Sn/c6*1-3-4-2;1-2;;/h6*1,3-4H2,2H3;1H3;;. The normalized spacial score (nSPS) is 12.9. The number of hydrogen-bond donors (Lipinski definition) is 0. The van der Waals surface area contributed by atoms with Crippen LogP contribution >= 0.6 is 0 Å². The molecule has 0 unspecified atom stereocenters. The first kappa shape index (κ1) is 29.6. The van der Waals surface area contributed by atoms with E-state index in [2.05, 4.69) is 49.9 Å². The Morgan fingerprint density at radius 2 is 0.571 bits per heavy atom. The molecule has 0 saturated heterocycles. The van der Waals surface area contributed by atoms with Crippen LogP contribution in [0, 0.1) is 0 Å². The van der Waals surface area contributed by atoms with E-state index >= 15 is 0 Å². The molecule has 0 aromatic carbocycles. The van der Waals surface area contributed by atoms with Gasteiger partial charge in [-0.15, -0.1) is 0 Å². The van der Waals surface area contributed by atoms with E-state index in [1.54, 1.807) is 26.6 Å². The minimum atomic E-state index is -2.26. The van der Waals surface area contributed by atoms with Crippen LogP contribution in [-0.2, 0) is 0 Å². The quantitative estimate of drug-likeness (QED) is 0.124. The fourth-order valence-corrected chi connectivity index (χ4v) is 67.6. The summed E-state index contributed by atoms with van der Waals surface area (Å²) >= 11 is -4.53. The number of unbranched alkanes of at least 4 members (excludes halogenated alkanes) is 6. The topological polar surface area (TPSA) is 3.24 Å². The van der Waals surface area contributed by atoms with Gasteiger partial charge in [-0.3, -0.25) is 0 Å². The molecule has 0 radical (unpaired) electrons. The molecule has 0 bridgehead atoms. The number of rotatable bonds is 20. The zero-order valence-electron chi connectivity index (χ0n) is 21.2. The molecule has 0 fully saturated rings. The van der Waals surface area contributed by atoms with Crippen LogP contribution in [0.2, 0.25) is 26.6 Å². The average molecular weight is 609 g/mol. The summed E-state index contributed by atoms with van der Waals surface area (Å²) in [7, 11) is 2.74. The van der Waals surface area contributed by atoms with E-state index in [0.717, 1.165) is 0 Å². The first-order valence-corrected chi connectivity index (χ1v) is 27.9. The van der Waals surface area contributed by atoms with E-state index in [4.69, 9.17) is 0 Å². The molecule has 0 N–H and O–H groups in total. The van der Waals surface area contributed by atoms with Crippen LogP contribution in [-0.4, -0.2) is 45.7 Å². The van der Waals surface area contributed by atoms with Crippen molar-refractivity contribution >= 4 is 37.3 Å². The summed E-state index contributed by atoms with van der Waals surface area (Å²) in [5.74, 6) is 0. The van der Waals surface area contributed by atoms with Crippen molar-refractivity contribution in [3.63, 3.8) is 0 Å². The van der Waals surface area contributed by atoms with Gasteiger partial charge in [-0.1, -0.05) is 0 Å². The van der Waals surface area contributed by atoms with Crippen molar-refractivity contribution in [1.82, 2.24) is 1.34 Å². The van der Waals surface area contributed by atoms with Crippen LogP contribution in [0.3, 0.4) is 0 Å². The maximum atomic E-state index is 3.44. The Bertz CT molecular complexity index is 270. The Labute approximate surface area is 189 Å². The van der Waals surface area contributed by atoms with Crippen LogP contribution in [0.25, 0.3) is 0 Å². The van der Waals surface area contributed by atoms with E-state index in [0.29, 0.717) is 0 Å². The Morgan fingerprint density at radius 3 is 0.714 bits per heavy atom. The third-order valence-corrected chi connectivity index (χ3v) is 55.7. The molecule has 0 aliphatic heterocycles. The van der Waals surface area contributed by atoms with Gasteiger partial charge in [0, 0.05) is 0 Å². The van der Waals surface area contributed by atoms with Gasteiger partial charge in [-0.25, -0.2) is 0 Å². The second-order valence-electron chi connectivity index (χ2n) is 9.63. The molecule has 170 valence electrons. The maximum absolute atomic E-state index is 3.44. The fraction of sp³-hybridized carbons (Fsp3) is 1.00. The zero-order chi connectivity index (χ0) is 21.3. The molecule has 0 aromatic heterocycles. The number of hydrogen-bond acceptors (Lipinski definition) is 1. The van der Waals surface area contributed by atoms with Crippen LogP contribution in [0.5, 0.6) is 0 Å². The molecule has 1 nitrogen and oxygen atoms in total. The summed E-state index contributed by atoms with van der Waals surface area (Å²) in [6.45, 7) is 14.6. The van der Waals surface area contributed by atoms with Crippen LogP contribution in [0.4, 0.5) is 0 Å². The van der Waals surface area contributed by atoms with Gasteiger partial charge in [0.25, 0.3) is 0 Å². The first-order chi connectivity index (χ1) is 13.5. The summed E-state index contributed by atoms with van der Waals surface area (Å²) in [4.78, 5) is 0. The summed E-state index contributed by atoms with van der Waals surface area (Å²) in [6.07, 6.45) is 17.6. The monoisotopic (exact) mass is 611 g/mol. The van der Waals surface area contributed by atoms with Crippen molar-refractivity contribution < 1.29 is 0 Å². The minimum absolute atomic E-state index is 1.41. The van der Waals surface area contributed by atoms with Gasteiger partial charge in [0.05, 0.1) is 0 Å². The van der Waals surface area contributed by atoms with Gasteiger partial charge in [-0.05, 0) is 0 Å². The molecule has 0 saturated carbocycles. The van der Waals surface area contributed by atoms with E-state index in [9.17, 15) is 0 Å². The van der Waals surface area contributed by atoms with Crippen LogP contribution in [0.15, 0.2) is 0 Å². The van der Waals surface area contributed by atoms with Crippen molar-refractivity contribution in [1.29, 1.82) is 0 Å². The molecule has 0 rings (SSSR count). The fourth-order valence-electron chi connectivity index (χ4n) is 5.29. The molecule has 0 amide bonds. The third-order valence-electron chi connectivity index (χ3n) is 7.40. The Morgan fingerprint density at radius 1 is 0.393 bits per heavy atom. The summed E-state index contributed by atoms with van der Waals surface area (Å²) < 4.78 is 13.5. The SMILES string of the molecule is CCC[CH2][Sn]([CH2]CCC)([CH2]CCC)[N](C)[Sn]([CH2]CCC)([CH2]CCC)[CH2]CCC. The van der Waals surface area contributed by atoms with E-state index in [-0.39, 0.29) is 0 Å². The van der Waals surface area contributed by atoms with E-state index < -0.39 is 37.3 Å². The molecule has 0 atom stereocenters. The van der Waals surface area contributed by atoms with Gasteiger partial charge >= 0.3 is 191 Å². The van der Waals surface area contributed by atoms with Crippen molar-refractivity contribution in [2.24, 2.45) is 0 Å². The first-order valence-electron chi connectivity index (χ1n) is 13.3. The van der Waals surface area contributed by atoms with Crippen molar-refractivity contribution in [2.75, 3.05) is 7.05 Å². The Balaban J connectivity index is 5.99. The molecule has 0 aliphatic carbocycles. The molecule has 28 heavy (non-hydrogen) atoms. The second kappa shape index (κ2) is 18.2. The average Bonchev–Trinajstić information content (AvgIpc) is 2.73. The summed E-state index contributed by atoms with van der Waals surface area (Å²) in [5.41, 5.74) is 0. The molecular formula is C25H57NSn2. The van der Waals surface area contributed by atoms with E-state index in [1.165, 1.54) is 77.0 Å².